The first-order chi connectivity index (χ1) is 8.65. The van der Waals surface area contributed by atoms with Crippen molar-refractivity contribution in [3.63, 3.8) is 0 Å². The summed E-state index contributed by atoms with van der Waals surface area (Å²) in [6.07, 6.45) is 2.24. The van der Waals surface area contributed by atoms with Gasteiger partial charge >= 0.3 is 0 Å². The molecule has 0 saturated heterocycles. The number of nitrogens with two attached hydrogens (primary N) is 1. The number of aryl methyl sites for hydroxylation is 1. The predicted molar refractivity (Wildman–Crippen MR) is 64.1 cm³/mol. The molecule has 0 bridgehead atoms. The normalized spacial score (nSPS) is 16.8. The van der Waals surface area contributed by atoms with Gasteiger partial charge in [-0.15, -0.1) is 0 Å². The Balaban J connectivity index is 1.89. The average molecular weight is 247 g/mol. The molecular weight excluding hydrogens is 233 g/mol. The summed E-state index contributed by atoms with van der Waals surface area (Å²) in [5.74, 6) is 1.16. The Morgan fingerprint density at radius 1 is 1.44 bits per heavy atom. The molecule has 1 aliphatic carbocycles. The molecule has 1 aliphatic rings. The van der Waals surface area contributed by atoms with Crippen molar-refractivity contribution in [3.8, 4) is 11.4 Å². The zero-order chi connectivity index (χ0) is 12.7. The molecule has 1 unspecified atom stereocenters. The van der Waals surface area contributed by atoms with E-state index in [-0.39, 0.29) is 11.9 Å². The van der Waals surface area contributed by atoms with Crippen LogP contribution < -0.4 is 5.73 Å². The van der Waals surface area contributed by atoms with E-state index in [0.29, 0.717) is 23.2 Å². The molecule has 1 heterocycles. The van der Waals surface area contributed by atoms with Crippen molar-refractivity contribution in [1.29, 1.82) is 0 Å². The molecule has 1 aromatic carbocycles. The van der Waals surface area contributed by atoms with Gasteiger partial charge in [0.25, 0.3) is 0 Å². The van der Waals surface area contributed by atoms with E-state index >= 15 is 0 Å². The van der Waals surface area contributed by atoms with Crippen LogP contribution in [0.3, 0.4) is 0 Å². The fourth-order valence-corrected chi connectivity index (χ4v) is 1.93. The van der Waals surface area contributed by atoms with E-state index in [9.17, 15) is 4.39 Å². The summed E-state index contributed by atoms with van der Waals surface area (Å²) in [6.45, 7) is 1.70. The van der Waals surface area contributed by atoms with Gasteiger partial charge in [0.2, 0.25) is 11.7 Å². The van der Waals surface area contributed by atoms with Crippen molar-refractivity contribution in [1.82, 2.24) is 10.1 Å². The first kappa shape index (κ1) is 11.3. The van der Waals surface area contributed by atoms with Gasteiger partial charge in [-0.2, -0.15) is 4.98 Å². The smallest absolute Gasteiger partial charge is 0.244 e. The highest BCUT2D eigenvalue weighted by molar-refractivity contribution is 5.55. The molecular formula is C13H14FN3O. The molecule has 2 N–H and O–H groups in total. The largest absolute Gasteiger partial charge is 0.337 e. The van der Waals surface area contributed by atoms with Gasteiger partial charge in [0, 0.05) is 5.56 Å². The first-order valence-corrected chi connectivity index (χ1v) is 6.01. The van der Waals surface area contributed by atoms with Crippen LogP contribution in [0.1, 0.15) is 30.3 Å². The average Bonchev–Trinajstić information content (AvgIpc) is 3.09. The fourth-order valence-electron chi connectivity index (χ4n) is 1.93. The Kier molecular flexibility index (Phi) is 2.63. The van der Waals surface area contributed by atoms with Crippen LogP contribution in [0.25, 0.3) is 11.4 Å². The van der Waals surface area contributed by atoms with Crippen molar-refractivity contribution < 1.29 is 8.91 Å². The zero-order valence-electron chi connectivity index (χ0n) is 10.1. The third kappa shape index (κ3) is 2.01. The molecule has 0 radical (unpaired) electrons. The topological polar surface area (TPSA) is 64.9 Å². The summed E-state index contributed by atoms with van der Waals surface area (Å²) in [5, 5.41) is 3.90. The summed E-state index contributed by atoms with van der Waals surface area (Å²) in [6, 6.07) is 4.57. The molecule has 0 spiro atoms. The molecule has 1 fully saturated rings. The maximum atomic E-state index is 13.2. The highest BCUT2D eigenvalue weighted by Gasteiger charge is 2.33. The van der Waals surface area contributed by atoms with E-state index < -0.39 is 0 Å². The van der Waals surface area contributed by atoms with Crippen LogP contribution in [0.5, 0.6) is 0 Å². The summed E-state index contributed by atoms with van der Waals surface area (Å²) in [7, 11) is 0. The molecule has 1 aromatic heterocycles. The number of halogens is 1. The Labute approximate surface area is 104 Å². The molecule has 1 atom stereocenters. The van der Waals surface area contributed by atoms with Crippen LogP contribution in [0.4, 0.5) is 4.39 Å². The molecule has 0 amide bonds. The fraction of sp³-hybridized carbons (Fsp3) is 0.385. The van der Waals surface area contributed by atoms with Gasteiger partial charge in [0.1, 0.15) is 5.82 Å². The quantitative estimate of drug-likeness (QED) is 0.905. The monoisotopic (exact) mass is 247 g/mol. The van der Waals surface area contributed by atoms with Gasteiger partial charge in [-0.05, 0) is 49.4 Å². The second-order valence-corrected chi connectivity index (χ2v) is 4.78. The number of hydrogen-bond donors (Lipinski definition) is 1. The molecule has 0 aliphatic heterocycles. The minimum Gasteiger partial charge on any atom is -0.337 e. The highest BCUT2D eigenvalue weighted by Crippen LogP contribution is 2.39. The third-order valence-electron chi connectivity index (χ3n) is 3.27. The van der Waals surface area contributed by atoms with E-state index in [1.165, 1.54) is 6.07 Å². The minimum absolute atomic E-state index is 0.173. The van der Waals surface area contributed by atoms with Crippen LogP contribution in [0.15, 0.2) is 22.7 Å². The van der Waals surface area contributed by atoms with E-state index in [1.54, 1.807) is 19.1 Å². The van der Waals surface area contributed by atoms with Crippen LogP contribution in [-0.4, -0.2) is 10.1 Å². The van der Waals surface area contributed by atoms with Crippen molar-refractivity contribution in [2.45, 2.75) is 25.8 Å². The summed E-state index contributed by atoms with van der Waals surface area (Å²) in [5.41, 5.74) is 7.29. The molecule has 2 aromatic rings. The maximum absolute atomic E-state index is 13.2. The van der Waals surface area contributed by atoms with Gasteiger partial charge in [-0.3, -0.25) is 0 Å². The first-order valence-electron chi connectivity index (χ1n) is 6.01. The van der Waals surface area contributed by atoms with Crippen LogP contribution in [0, 0.1) is 18.7 Å². The van der Waals surface area contributed by atoms with Crippen LogP contribution >= 0.6 is 0 Å². The summed E-state index contributed by atoms with van der Waals surface area (Å²) >= 11 is 0. The van der Waals surface area contributed by atoms with Gasteiger partial charge in [-0.1, -0.05) is 5.16 Å². The lowest BCUT2D eigenvalue weighted by Gasteiger charge is -2.01. The minimum atomic E-state index is -0.239. The molecule has 1 saturated carbocycles. The number of hydrogen-bond acceptors (Lipinski definition) is 4. The lowest BCUT2D eigenvalue weighted by Crippen LogP contribution is -2.12. The summed E-state index contributed by atoms with van der Waals surface area (Å²) in [4.78, 5) is 4.29. The molecule has 94 valence electrons. The van der Waals surface area contributed by atoms with Crippen LogP contribution in [0.2, 0.25) is 0 Å². The Morgan fingerprint density at radius 2 is 2.22 bits per heavy atom. The SMILES string of the molecule is Cc1cc(-c2noc(C(N)C3CC3)n2)ccc1F. The number of aromatic nitrogens is 2. The number of benzene rings is 1. The second kappa shape index (κ2) is 4.17. The van der Waals surface area contributed by atoms with Crippen molar-refractivity contribution >= 4 is 0 Å². The van der Waals surface area contributed by atoms with E-state index in [2.05, 4.69) is 10.1 Å². The van der Waals surface area contributed by atoms with Gasteiger partial charge in [0.15, 0.2) is 0 Å². The highest BCUT2D eigenvalue weighted by atomic mass is 19.1. The lowest BCUT2D eigenvalue weighted by atomic mass is 10.1. The standard InChI is InChI=1S/C13H14FN3O/c1-7-6-9(4-5-10(7)14)12-16-13(18-17-12)11(15)8-2-3-8/h4-6,8,11H,2-3,15H2,1H3. The van der Waals surface area contributed by atoms with Crippen molar-refractivity contribution in [3.05, 3.63) is 35.5 Å². The number of nitrogens with zero attached hydrogens (tertiary/aromatic N) is 2. The van der Waals surface area contributed by atoms with Gasteiger partial charge in [-0.25, -0.2) is 4.39 Å². The Bertz CT molecular complexity index is 577. The lowest BCUT2D eigenvalue weighted by molar-refractivity contribution is 0.343. The van der Waals surface area contributed by atoms with Gasteiger partial charge in [0.05, 0.1) is 6.04 Å². The van der Waals surface area contributed by atoms with E-state index in [0.717, 1.165) is 18.4 Å². The van der Waals surface area contributed by atoms with Crippen molar-refractivity contribution in [2.75, 3.05) is 0 Å². The molecule has 4 nitrogen and oxygen atoms in total. The maximum Gasteiger partial charge on any atom is 0.244 e. The van der Waals surface area contributed by atoms with Gasteiger partial charge < -0.3 is 10.3 Å². The van der Waals surface area contributed by atoms with E-state index in [1.807, 2.05) is 0 Å². The predicted octanol–water partition coefficient (Wildman–Crippen LogP) is 2.59. The summed E-state index contributed by atoms with van der Waals surface area (Å²) < 4.78 is 18.4. The molecule has 3 rings (SSSR count). The molecule has 18 heavy (non-hydrogen) atoms. The van der Waals surface area contributed by atoms with Crippen molar-refractivity contribution in [2.24, 2.45) is 11.7 Å². The number of rotatable bonds is 3. The third-order valence-corrected chi connectivity index (χ3v) is 3.27. The molecule has 5 heteroatoms. The van der Waals surface area contributed by atoms with Crippen LogP contribution in [-0.2, 0) is 0 Å². The zero-order valence-corrected chi connectivity index (χ0v) is 10.1. The van der Waals surface area contributed by atoms with E-state index in [4.69, 9.17) is 10.3 Å². The Hall–Kier alpha value is -1.75. The second-order valence-electron chi connectivity index (χ2n) is 4.78. The Morgan fingerprint density at radius 3 is 2.89 bits per heavy atom.